The molecule has 0 heterocycles. The smallest absolute Gasteiger partial charge is 0.226 e. The minimum absolute atomic E-state index is 0.0259. The maximum atomic E-state index is 13.0. The lowest BCUT2D eigenvalue weighted by molar-refractivity contribution is -0.136. The molecule has 5 heteroatoms. The Hall–Kier alpha value is -1.46. The number of rotatable bonds is 7. The van der Waals surface area contributed by atoms with Crippen LogP contribution in [0.3, 0.4) is 0 Å². The van der Waals surface area contributed by atoms with E-state index in [0.717, 1.165) is 31.2 Å². The molecule has 22 heavy (non-hydrogen) atoms. The monoisotopic (exact) mass is 308 g/mol. The predicted octanol–water partition coefficient (Wildman–Crippen LogP) is 2.32. The first-order valence-electron chi connectivity index (χ1n) is 7.88. The Balaban J connectivity index is 2.01. The Labute approximate surface area is 131 Å². The van der Waals surface area contributed by atoms with Crippen LogP contribution in [-0.2, 0) is 16.1 Å². The standard InChI is InChI=1S/C17H25FN2O2/c1-22-10-2-9-20(12-13-3-6-15(18)7-4-13)17(21)14-5-8-16(19)11-14/h3-4,6-7,14,16H,2,5,8-12,19H2,1H3/t14-,16+/m0/s1. The summed E-state index contributed by atoms with van der Waals surface area (Å²) in [5.41, 5.74) is 6.86. The molecule has 1 aliphatic rings. The molecule has 1 fully saturated rings. The van der Waals surface area contributed by atoms with Crippen LogP contribution in [0.25, 0.3) is 0 Å². The fourth-order valence-corrected chi connectivity index (χ4v) is 2.98. The molecule has 0 unspecified atom stereocenters. The highest BCUT2D eigenvalue weighted by atomic mass is 19.1. The first-order chi connectivity index (χ1) is 10.6. The highest BCUT2D eigenvalue weighted by Gasteiger charge is 2.30. The first-order valence-corrected chi connectivity index (χ1v) is 7.88. The molecule has 1 saturated carbocycles. The number of methoxy groups -OCH3 is 1. The Morgan fingerprint density at radius 3 is 2.68 bits per heavy atom. The largest absolute Gasteiger partial charge is 0.385 e. The quantitative estimate of drug-likeness (QED) is 0.787. The number of amides is 1. The van der Waals surface area contributed by atoms with Gasteiger partial charge in [0.05, 0.1) is 0 Å². The number of ether oxygens (including phenoxy) is 1. The second-order valence-electron chi connectivity index (χ2n) is 6.00. The van der Waals surface area contributed by atoms with E-state index < -0.39 is 0 Å². The fourth-order valence-electron chi connectivity index (χ4n) is 2.98. The van der Waals surface area contributed by atoms with Gasteiger partial charge in [0.2, 0.25) is 5.91 Å². The summed E-state index contributed by atoms with van der Waals surface area (Å²) < 4.78 is 18.1. The van der Waals surface area contributed by atoms with Gasteiger partial charge in [0.25, 0.3) is 0 Å². The average Bonchev–Trinajstić information content (AvgIpc) is 2.94. The minimum Gasteiger partial charge on any atom is -0.385 e. The predicted molar refractivity (Wildman–Crippen MR) is 83.6 cm³/mol. The molecule has 1 aromatic rings. The SMILES string of the molecule is COCCCN(Cc1ccc(F)cc1)C(=O)[C@H]1CC[C@@H](N)C1. The summed E-state index contributed by atoms with van der Waals surface area (Å²) in [6, 6.07) is 6.45. The molecule has 1 amide bonds. The fraction of sp³-hybridized carbons (Fsp3) is 0.588. The topological polar surface area (TPSA) is 55.6 Å². The summed E-state index contributed by atoms with van der Waals surface area (Å²) in [6.45, 7) is 1.78. The third-order valence-electron chi connectivity index (χ3n) is 4.20. The lowest BCUT2D eigenvalue weighted by Crippen LogP contribution is -2.36. The molecule has 1 aliphatic carbocycles. The number of carbonyl (C=O) groups is 1. The molecular formula is C17H25FN2O2. The van der Waals surface area contributed by atoms with Crippen molar-refractivity contribution >= 4 is 5.91 Å². The van der Waals surface area contributed by atoms with E-state index in [1.807, 2.05) is 4.90 Å². The highest BCUT2D eigenvalue weighted by Crippen LogP contribution is 2.26. The van der Waals surface area contributed by atoms with Crippen LogP contribution < -0.4 is 5.73 Å². The Morgan fingerprint density at radius 1 is 1.36 bits per heavy atom. The number of halogens is 1. The molecule has 2 rings (SSSR count). The molecule has 0 aromatic heterocycles. The zero-order valence-electron chi connectivity index (χ0n) is 13.1. The zero-order chi connectivity index (χ0) is 15.9. The van der Waals surface area contributed by atoms with Gasteiger partial charge in [-0.15, -0.1) is 0 Å². The van der Waals surface area contributed by atoms with Crippen LogP contribution in [0.4, 0.5) is 4.39 Å². The second kappa shape index (κ2) is 8.25. The van der Waals surface area contributed by atoms with Crippen molar-refractivity contribution in [3.63, 3.8) is 0 Å². The molecule has 0 radical (unpaired) electrons. The number of benzene rings is 1. The Kier molecular flexibility index (Phi) is 6.34. The number of hydrogen-bond acceptors (Lipinski definition) is 3. The van der Waals surface area contributed by atoms with Gasteiger partial charge in [-0.3, -0.25) is 4.79 Å². The van der Waals surface area contributed by atoms with Crippen LogP contribution in [0, 0.1) is 11.7 Å². The second-order valence-corrected chi connectivity index (χ2v) is 6.00. The number of nitrogens with two attached hydrogens (primary N) is 1. The van der Waals surface area contributed by atoms with Crippen molar-refractivity contribution in [1.82, 2.24) is 4.90 Å². The van der Waals surface area contributed by atoms with Crippen LogP contribution >= 0.6 is 0 Å². The summed E-state index contributed by atoms with van der Waals surface area (Å²) in [7, 11) is 1.65. The molecule has 0 aliphatic heterocycles. The minimum atomic E-state index is -0.261. The van der Waals surface area contributed by atoms with Gasteiger partial charge in [-0.25, -0.2) is 4.39 Å². The van der Waals surface area contributed by atoms with Crippen molar-refractivity contribution in [2.24, 2.45) is 11.7 Å². The number of carbonyl (C=O) groups excluding carboxylic acids is 1. The summed E-state index contributed by atoms with van der Waals surface area (Å²) in [4.78, 5) is 14.6. The third kappa shape index (κ3) is 4.78. The Bertz CT molecular complexity index is 478. The van der Waals surface area contributed by atoms with E-state index in [1.165, 1.54) is 12.1 Å². The lowest BCUT2D eigenvalue weighted by atomic mass is 10.1. The van der Waals surface area contributed by atoms with Crippen molar-refractivity contribution in [3.8, 4) is 0 Å². The molecule has 4 nitrogen and oxygen atoms in total. The van der Waals surface area contributed by atoms with Crippen LogP contribution in [0.15, 0.2) is 24.3 Å². The molecule has 0 spiro atoms. The molecule has 122 valence electrons. The van der Waals surface area contributed by atoms with Crippen molar-refractivity contribution in [2.45, 2.75) is 38.3 Å². The van der Waals surface area contributed by atoms with Crippen molar-refractivity contribution < 1.29 is 13.9 Å². The lowest BCUT2D eigenvalue weighted by Gasteiger charge is -2.26. The first kappa shape index (κ1) is 16.9. The van der Waals surface area contributed by atoms with Gasteiger partial charge < -0.3 is 15.4 Å². The van der Waals surface area contributed by atoms with Gasteiger partial charge in [-0.2, -0.15) is 0 Å². The zero-order valence-corrected chi connectivity index (χ0v) is 13.1. The van der Waals surface area contributed by atoms with Gasteiger partial charge in [0.15, 0.2) is 0 Å². The van der Waals surface area contributed by atoms with Gasteiger partial charge in [0, 0.05) is 38.8 Å². The maximum absolute atomic E-state index is 13.0. The van der Waals surface area contributed by atoms with E-state index in [4.69, 9.17) is 10.5 Å². The van der Waals surface area contributed by atoms with Crippen LogP contribution in [0.5, 0.6) is 0 Å². The Morgan fingerprint density at radius 2 is 2.09 bits per heavy atom. The number of nitrogens with zero attached hydrogens (tertiary/aromatic N) is 1. The van der Waals surface area contributed by atoms with E-state index in [-0.39, 0.29) is 23.7 Å². The van der Waals surface area contributed by atoms with Crippen LogP contribution in [0.2, 0.25) is 0 Å². The third-order valence-corrected chi connectivity index (χ3v) is 4.20. The average molecular weight is 308 g/mol. The van der Waals surface area contributed by atoms with Crippen LogP contribution in [-0.4, -0.2) is 37.1 Å². The molecule has 2 atom stereocenters. The molecule has 0 saturated heterocycles. The van der Waals surface area contributed by atoms with Gasteiger partial charge >= 0.3 is 0 Å². The van der Waals surface area contributed by atoms with Gasteiger partial charge in [-0.05, 0) is 43.4 Å². The summed E-state index contributed by atoms with van der Waals surface area (Å²) in [5, 5.41) is 0. The summed E-state index contributed by atoms with van der Waals surface area (Å²) >= 11 is 0. The van der Waals surface area contributed by atoms with E-state index in [0.29, 0.717) is 19.7 Å². The van der Waals surface area contributed by atoms with Crippen molar-refractivity contribution in [2.75, 3.05) is 20.3 Å². The van der Waals surface area contributed by atoms with Crippen molar-refractivity contribution in [1.29, 1.82) is 0 Å². The number of hydrogen-bond donors (Lipinski definition) is 1. The van der Waals surface area contributed by atoms with Gasteiger partial charge in [0.1, 0.15) is 5.82 Å². The van der Waals surface area contributed by atoms with E-state index >= 15 is 0 Å². The normalized spacial score (nSPS) is 21.0. The van der Waals surface area contributed by atoms with E-state index in [2.05, 4.69) is 0 Å². The maximum Gasteiger partial charge on any atom is 0.226 e. The molecule has 0 bridgehead atoms. The highest BCUT2D eigenvalue weighted by molar-refractivity contribution is 5.79. The molecule has 2 N–H and O–H groups in total. The summed E-state index contributed by atoms with van der Waals surface area (Å²) in [5.74, 6) is -0.0749. The van der Waals surface area contributed by atoms with E-state index in [1.54, 1.807) is 19.2 Å². The molecule has 1 aromatic carbocycles. The van der Waals surface area contributed by atoms with Crippen molar-refractivity contribution in [3.05, 3.63) is 35.6 Å². The van der Waals surface area contributed by atoms with Crippen LogP contribution in [0.1, 0.15) is 31.2 Å². The van der Waals surface area contributed by atoms with E-state index in [9.17, 15) is 9.18 Å². The molecular weight excluding hydrogens is 283 g/mol. The summed E-state index contributed by atoms with van der Waals surface area (Å²) in [6.07, 6.45) is 3.34. The van der Waals surface area contributed by atoms with Gasteiger partial charge in [-0.1, -0.05) is 12.1 Å².